The fourth-order valence-electron chi connectivity index (χ4n) is 1.31. The Labute approximate surface area is 103 Å². The molecule has 0 aromatic heterocycles. The molecule has 0 rings (SSSR count). The fourth-order valence-corrected chi connectivity index (χ4v) is 2.03. The minimum atomic E-state index is -0.662. The van der Waals surface area contributed by atoms with E-state index in [0.29, 0.717) is 13.0 Å². The summed E-state index contributed by atoms with van der Waals surface area (Å²) in [4.78, 5) is 12.9. The van der Waals surface area contributed by atoms with Gasteiger partial charge in [-0.1, -0.05) is 0 Å². The number of rotatable bonds is 8. The molecule has 0 heterocycles. The van der Waals surface area contributed by atoms with Crippen LogP contribution in [-0.4, -0.2) is 60.7 Å². The Bertz CT molecular complexity index is 208. The van der Waals surface area contributed by atoms with Crippen LogP contribution in [0.4, 0.5) is 0 Å². The topological polar surface area (TPSA) is 52.6 Å². The van der Waals surface area contributed by atoms with Crippen LogP contribution in [0, 0.1) is 0 Å². The summed E-state index contributed by atoms with van der Waals surface area (Å²) >= 11 is 1.63. The van der Waals surface area contributed by atoms with E-state index < -0.39 is 5.60 Å². The van der Waals surface area contributed by atoms with Crippen LogP contribution >= 0.6 is 11.8 Å². The number of nitrogens with one attached hydrogen (secondary N) is 1. The molecule has 5 heteroatoms. The molecule has 0 saturated carbocycles. The molecule has 1 unspecified atom stereocenters. The number of aliphatic hydroxyl groups is 1. The maximum Gasteiger partial charge on any atom is 0.222 e. The van der Waals surface area contributed by atoms with Gasteiger partial charge in [-0.05, 0) is 26.1 Å². The largest absolute Gasteiger partial charge is 0.388 e. The molecule has 16 heavy (non-hydrogen) atoms. The van der Waals surface area contributed by atoms with E-state index in [9.17, 15) is 9.90 Å². The highest BCUT2D eigenvalue weighted by molar-refractivity contribution is 7.98. The van der Waals surface area contributed by atoms with E-state index in [1.807, 2.05) is 13.2 Å². The number of carbonyl (C=O) groups excluding carboxylic acids is 1. The lowest BCUT2D eigenvalue weighted by Crippen LogP contribution is -2.40. The number of amides is 1. The molecule has 0 fully saturated rings. The van der Waals surface area contributed by atoms with Gasteiger partial charge in [-0.2, -0.15) is 11.8 Å². The Morgan fingerprint density at radius 3 is 2.62 bits per heavy atom. The SMILES string of the molecule is CSCC(C)(O)CNCCCC(=O)N(C)C. The third kappa shape index (κ3) is 7.96. The molecule has 0 aliphatic carbocycles. The van der Waals surface area contributed by atoms with E-state index in [0.717, 1.165) is 18.7 Å². The van der Waals surface area contributed by atoms with Gasteiger partial charge in [0, 0.05) is 32.8 Å². The van der Waals surface area contributed by atoms with Gasteiger partial charge < -0.3 is 15.3 Å². The molecule has 96 valence electrons. The molecule has 2 N–H and O–H groups in total. The summed E-state index contributed by atoms with van der Waals surface area (Å²) in [7, 11) is 3.53. The summed E-state index contributed by atoms with van der Waals surface area (Å²) in [6.45, 7) is 3.16. The van der Waals surface area contributed by atoms with Gasteiger partial charge in [-0.25, -0.2) is 0 Å². The maximum absolute atomic E-state index is 11.3. The first-order chi connectivity index (χ1) is 7.39. The van der Waals surface area contributed by atoms with Crippen molar-refractivity contribution in [3.8, 4) is 0 Å². The van der Waals surface area contributed by atoms with E-state index in [4.69, 9.17) is 0 Å². The lowest BCUT2D eigenvalue weighted by atomic mass is 10.1. The van der Waals surface area contributed by atoms with Crippen LogP contribution in [0.15, 0.2) is 0 Å². The van der Waals surface area contributed by atoms with E-state index >= 15 is 0 Å². The van der Waals surface area contributed by atoms with Gasteiger partial charge in [-0.15, -0.1) is 0 Å². The minimum absolute atomic E-state index is 0.151. The van der Waals surface area contributed by atoms with Crippen LogP contribution in [0.2, 0.25) is 0 Å². The lowest BCUT2D eigenvalue weighted by Gasteiger charge is -2.22. The molecule has 0 aliphatic heterocycles. The van der Waals surface area contributed by atoms with Crippen molar-refractivity contribution in [3.63, 3.8) is 0 Å². The number of hydrogen-bond acceptors (Lipinski definition) is 4. The molecule has 0 spiro atoms. The van der Waals surface area contributed by atoms with E-state index in [2.05, 4.69) is 5.32 Å². The van der Waals surface area contributed by atoms with Gasteiger partial charge in [0.05, 0.1) is 5.60 Å². The smallest absolute Gasteiger partial charge is 0.222 e. The monoisotopic (exact) mass is 248 g/mol. The molecule has 1 atom stereocenters. The van der Waals surface area contributed by atoms with Gasteiger partial charge in [0.15, 0.2) is 0 Å². The Morgan fingerprint density at radius 2 is 2.12 bits per heavy atom. The average Bonchev–Trinajstić information content (AvgIpc) is 2.16. The maximum atomic E-state index is 11.3. The van der Waals surface area contributed by atoms with E-state index in [1.165, 1.54) is 0 Å². The Hall–Kier alpha value is -0.260. The zero-order valence-corrected chi connectivity index (χ0v) is 11.6. The van der Waals surface area contributed by atoms with Crippen molar-refractivity contribution in [2.75, 3.05) is 39.2 Å². The summed E-state index contributed by atoms with van der Waals surface area (Å²) in [5.41, 5.74) is -0.662. The second kappa shape index (κ2) is 7.92. The van der Waals surface area contributed by atoms with Crippen LogP contribution in [0.1, 0.15) is 19.8 Å². The molecular weight excluding hydrogens is 224 g/mol. The summed E-state index contributed by atoms with van der Waals surface area (Å²) < 4.78 is 0. The normalized spacial score (nSPS) is 14.6. The number of nitrogens with zero attached hydrogens (tertiary/aromatic N) is 1. The van der Waals surface area contributed by atoms with Crippen molar-refractivity contribution >= 4 is 17.7 Å². The molecule has 0 aliphatic rings. The number of thioether (sulfide) groups is 1. The van der Waals surface area contributed by atoms with Crippen molar-refractivity contribution < 1.29 is 9.90 Å². The van der Waals surface area contributed by atoms with Crippen LogP contribution in [0.5, 0.6) is 0 Å². The van der Waals surface area contributed by atoms with Crippen molar-refractivity contribution in [2.45, 2.75) is 25.4 Å². The van der Waals surface area contributed by atoms with Gasteiger partial charge in [0.2, 0.25) is 5.91 Å². The first kappa shape index (κ1) is 15.7. The quantitative estimate of drug-likeness (QED) is 0.616. The molecule has 1 amide bonds. The highest BCUT2D eigenvalue weighted by atomic mass is 32.2. The Kier molecular flexibility index (Phi) is 7.80. The Morgan fingerprint density at radius 1 is 1.50 bits per heavy atom. The molecule has 4 nitrogen and oxygen atoms in total. The molecule has 0 radical (unpaired) electrons. The van der Waals surface area contributed by atoms with Gasteiger partial charge in [0.1, 0.15) is 0 Å². The zero-order valence-electron chi connectivity index (χ0n) is 10.7. The summed E-state index contributed by atoms with van der Waals surface area (Å²) in [5.74, 6) is 0.870. The van der Waals surface area contributed by atoms with Gasteiger partial charge >= 0.3 is 0 Å². The summed E-state index contributed by atoms with van der Waals surface area (Å²) in [6, 6.07) is 0. The van der Waals surface area contributed by atoms with Crippen molar-refractivity contribution in [1.29, 1.82) is 0 Å². The van der Waals surface area contributed by atoms with E-state index in [1.54, 1.807) is 30.8 Å². The lowest BCUT2D eigenvalue weighted by molar-refractivity contribution is -0.128. The van der Waals surface area contributed by atoms with Crippen LogP contribution in [-0.2, 0) is 4.79 Å². The molecule has 0 bridgehead atoms. The predicted molar refractivity (Wildman–Crippen MR) is 69.8 cm³/mol. The highest BCUT2D eigenvalue weighted by Crippen LogP contribution is 2.08. The fraction of sp³-hybridized carbons (Fsp3) is 0.909. The predicted octanol–water partition coefficient (Wildman–Crippen LogP) is 0.558. The van der Waals surface area contributed by atoms with Crippen LogP contribution in [0.25, 0.3) is 0 Å². The first-order valence-electron chi connectivity index (χ1n) is 5.51. The standard InChI is InChI=1S/C11H24N2O2S/c1-11(15,9-16-4)8-12-7-5-6-10(14)13(2)3/h12,15H,5-9H2,1-4H3. The van der Waals surface area contributed by atoms with Crippen LogP contribution < -0.4 is 5.32 Å². The second-order valence-electron chi connectivity index (χ2n) is 4.50. The first-order valence-corrected chi connectivity index (χ1v) is 6.90. The molecule has 0 aromatic carbocycles. The molecular formula is C11H24N2O2S. The second-order valence-corrected chi connectivity index (χ2v) is 5.36. The third-order valence-corrected chi connectivity index (χ3v) is 3.11. The van der Waals surface area contributed by atoms with Crippen molar-refractivity contribution in [3.05, 3.63) is 0 Å². The molecule has 0 aromatic rings. The Balaban J connectivity index is 3.50. The number of hydrogen-bond donors (Lipinski definition) is 2. The number of carbonyl (C=O) groups is 1. The van der Waals surface area contributed by atoms with Crippen LogP contribution in [0.3, 0.4) is 0 Å². The highest BCUT2D eigenvalue weighted by Gasteiger charge is 2.18. The summed E-state index contributed by atoms with van der Waals surface area (Å²) in [6.07, 6.45) is 3.35. The van der Waals surface area contributed by atoms with Gasteiger partial charge in [-0.3, -0.25) is 4.79 Å². The third-order valence-electron chi connectivity index (χ3n) is 2.20. The molecule has 0 saturated heterocycles. The average molecular weight is 248 g/mol. The van der Waals surface area contributed by atoms with E-state index in [-0.39, 0.29) is 5.91 Å². The minimum Gasteiger partial charge on any atom is -0.388 e. The zero-order chi connectivity index (χ0) is 12.6. The van der Waals surface area contributed by atoms with Crippen molar-refractivity contribution in [2.24, 2.45) is 0 Å². The van der Waals surface area contributed by atoms with Crippen molar-refractivity contribution in [1.82, 2.24) is 10.2 Å². The van der Waals surface area contributed by atoms with Gasteiger partial charge in [0.25, 0.3) is 0 Å². The summed E-state index contributed by atoms with van der Waals surface area (Å²) in [5, 5.41) is 13.0.